The molecule has 4 aromatic carbocycles. The lowest BCUT2D eigenvalue weighted by Gasteiger charge is -2.59. The summed E-state index contributed by atoms with van der Waals surface area (Å²) >= 11 is 3.15. The number of halogens is 3. The van der Waals surface area contributed by atoms with Crippen LogP contribution in [0.5, 0.6) is 23.0 Å². The number of likely N-dealkylation sites (tertiary alicyclic amines) is 2. The van der Waals surface area contributed by atoms with Crippen LogP contribution in [0.2, 0.25) is 0 Å². The molecule has 0 amide bonds. The maximum atomic E-state index is 13.3. The molecule has 2 heterocycles. The van der Waals surface area contributed by atoms with Gasteiger partial charge >= 0.3 is 30.1 Å². The molecular weight excluding hydrogens is 1040 g/mol. The van der Waals surface area contributed by atoms with Gasteiger partial charge < -0.3 is 38.2 Å². The van der Waals surface area contributed by atoms with Gasteiger partial charge in [-0.05, 0) is 119 Å². The number of carbonyl (C=O) groups excluding carboxylic acids is 6. The average Bonchev–Trinajstić information content (AvgIpc) is 3.56. The van der Waals surface area contributed by atoms with Crippen molar-refractivity contribution in [1.29, 1.82) is 0 Å². The summed E-state index contributed by atoms with van der Waals surface area (Å²) in [6.07, 6.45) is 0.924. The van der Waals surface area contributed by atoms with Crippen molar-refractivity contribution in [1.82, 2.24) is 9.80 Å². The highest BCUT2D eigenvalue weighted by Gasteiger charge is 2.62. The van der Waals surface area contributed by atoms with Crippen LogP contribution < -0.4 is 18.9 Å². The quantitative estimate of drug-likeness (QED) is 0.109. The van der Waals surface area contributed by atoms with Crippen LogP contribution in [0.1, 0.15) is 97.3 Å². The van der Waals surface area contributed by atoms with Gasteiger partial charge in [0.15, 0.2) is 46.1 Å². The van der Waals surface area contributed by atoms with Gasteiger partial charge in [0.05, 0.1) is 30.3 Å². The van der Waals surface area contributed by atoms with Crippen molar-refractivity contribution in [3.05, 3.63) is 130 Å². The molecule has 0 aromatic heterocycles. The van der Waals surface area contributed by atoms with Crippen LogP contribution in [0.25, 0.3) is 0 Å². The molecule has 2 fully saturated rings. The van der Waals surface area contributed by atoms with Crippen LogP contribution in [0.4, 0.5) is 13.2 Å². The van der Waals surface area contributed by atoms with E-state index in [0.29, 0.717) is 35.6 Å². The number of aryl methyl sites for hydroxylation is 1. The predicted octanol–water partition coefficient (Wildman–Crippen LogP) is 10.2. The first-order valence-electron chi connectivity index (χ1n) is 25.1. The summed E-state index contributed by atoms with van der Waals surface area (Å²) in [7, 11) is 7.08. The molecule has 19 heteroatoms. The van der Waals surface area contributed by atoms with Crippen molar-refractivity contribution >= 4 is 59.0 Å². The fraction of sp³-hybridized carbons (Fsp3) is 0.414. The Bertz CT molecular complexity index is 3140. The number of piperidine rings is 2. The van der Waals surface area contributed by atoms with Crippen molar-refractivity contribution < 1.29 is 70.4 Å². The molecule has 2 saturated heterocycles. The Hall–Kier alpha value is -6.41. The van der Waals surface area contributed by atoms with E-state index in [4.69, 9.17) is 28.4 Å². The Kier molecular flexibility index (Phi) is 15.4. The van der Waals surface area contributed by atoms with E-state index in [1.807, 2.05) is 31.3 Å². The summed E-state index contributed by atoms with van der Waals surface area (Å²) in [6, 6.07) is 20.3. The van der Waals surface area contributed by atoms with Gasteiger partial charge in [-0.25, -0.2) is 0 Å². The highest BCUT2D eigenvalue weighted by atomic mass is 32.2. The first-order valence-corrected chi connectivity index (χ1v) is 26.9. The zero-order valence-electron chi connectivity index (χ0n) is 44.0. The van der Waals surface area contributed by atoms with Crippen LogP contribution in [-0.4, -0.2) is 98.7 Å². The number of Topliss-reactive ketones (excluding diaryl/α,β-unsaturated/α-hetero) is 2. The van der Waals surface area contributed by atoms with Gasteiger partial charge in [-0.3, -0.25) is 28.8 Å². The third-order valence-electron chi connectivity index (χ3n) is 15.7. The van der Waals surface area contributed by atoms with Gasteiger partial charge in [-0.1, -0.05) is 29.8 Å². The standard InChI is InChI=1S/C29H28F3NO6S.C29H31NO6S/c1-15(34)38-22-10-9-19-24(26(22)39-16(2)35)28-11-12-33(3)25(20(28)13-23(37-4)21(36)14-28)27(19)40-18-7-5-17(6-8-18)29(30,31)32;1-16-7-6-8-19(13-16)37-28-20-9-10-23(35-17(2)31)27(36-18(3)32)25(20)29-11-12-30(4)26(28)21(29)14-24(34-5)22(33)15-29/h5-10,13,20,25,27H,11-12,14H2,1-4H3;6-10,13-14,21,26,28H,11-12,15H2,1-5H3/t20-,25-,27-,28-;21-,26-,28-,29-/m11/s1. The van der Waals surface area contributed by atoms with Gasteiger partial charge in [0.2, 0.25) is 0 Å². The van der Waals surface area contributed by atoms with Crippen LogP contribution in [0, 0.1) is 18.8 Å². The number of nitrogens with zero attached hydrogens (tertiary/aromatic N) is 2. The molecule has 0 saturated carbocycles. The van der Waals surface area contributed by atoms with Crippen molar-refractivity contribution in [3.8, 4) is 23.0 Å². The summed E-state index contributed by atoms with van der Waals surface area (Å²) in [5, 5.41) is -0.373. The number of likely N-dealkylation sites (N-methyl/N-ethyl adjacent to an activating group) is 2. The number of carbonyl (C=O) groups is 6. The molecule has 10 rings (SSSR count). The van der Waals surface area contributed by atoms with Gasteiger partial charge in [-0.2, -0.15) is 13.2 Å². The molecule has 4 bridgehead atoms. The first kappa shape index (κ1) is 55.3. The molecule has 14 nitrogen and oxygen atoms in total. The van der Waals surface area contributed by atoms with Gasteiger partial charge in [0, 0.05) is 96.2 Å². The second-order valence-corrected chi connectivity index (χ2v) is 22.9. The lowest BCUT2D eigenvalue weighted by molar-refractivity contribution is -0.138. The number of rotatable bonds is 10. The number of fused-ring (bicyclic) bond motifs is 2. The number of benzene rings is 4. The van der Waals surface area contributed by atoms with Crippen LogP contribution in [0.15, 0.2) is 106 Å². The summed E-state index contributed by atoms with van der Waals surface area (Å²) in [5.41, 5.74) is 2.21. The van der Waals surface area contributed by atoms with Crippen molar-refractivity contribution in [2.24, 2.45) is 11.8 Å². The topological polar surface area (TPSA) is 164 Å². The Morgan fingerprint density at radius 3 is 1.42 bits per heavy atom. The zero-order valence-corrected chi connectivity index (χ0v) is 45.7. The van der Waals surface area contributed by atoms with Gasteiger partial charge in [0.25, 0.3) is 0 Å². The maximum absolute atomic E-state index is 13.3. The number of thioether (sulfide) groups is 2. The lowest BCUT2D eigenvalue weighted by atomic mass is 9.53. The number of ether oxygens (including phenoxy) is 6. The Morgan fingerprint density at radius 1 is 0.597 bits per heavy atom. The third kappa shape index (κ3) is 10.3. The van der Waals surface area contributed by atoms with E-state index in [9.17, 15) is 41.9 Å². The third-order valence-corrected chi connectivity index (χ3v) is 18.3. The van der Waals surface area contributed by atoms with Crippen molar-refractivity contribution in [2.75, 3.05) is 41.4 Å². The molecule has 406 valence electrons. The molecule has 77 heavy (non-hydrogen) atoms. The van der Waals surface area contributed by atoms with Gasteiger partial charge in [0.1, 0.15) is 0 Å². The normalized spacial score (nSPS) is 26.1. The highest BCUT2D eigenvalue weighted by molar-refractivity contribution is 7.99. The number of methoxy groups -OCH3 is 2. The Labute approximate surface area is 453 Å². The fourth-order valence-corrected chi connectivity index (χ4v) is 15.7. The maximum Gasteiger partial charge on any atom is 0.416 e. The number of alkyl halides is 3. The minimum absolute atomic E-state index is 0.0385. The fourth-order valence-electron chi connectivity index (χ4n) is 12.7. The van der Waals surface area contributed by atoms with E-state index in [1.54, 1.807) is 30.0 Å². The van der Waals surface area contributed by atoms with E-state index < -0.39 is 46.4 Å². The summed E-state index contributed by atoms with van der Waals surface area (Å²) in [6.45, 7) is 8.59. The monoisotopic (exact) mass is 1100 g/mol. The second-order valence-electron chi connectivity index (χ2n) is 20.5. The SMILES string of the molecule is COC1=C[C@@H]2[C@@H]3[C@H](Sc4ccc(C(F)(F)F)cc4)c4ccc(OC(C)=O)c(OC(C)=O)c4[C@]2(CCN3C)CC1=O.COC1=C[C@@H]2[C@@H]3[C@H](Sc4cccc(C)c4)c4ccc(OC(C)=O)c(OC(C)=O)c4[C@]2(CCN3C)CC1=O. The molecule has 2 aliphatic heterocycles. The summed E-state index contributed by atoms with van der Waals surface area (Å²) in [4.78, 5) is 81.4. The minimum atomic E-state index is -4.45. The molecule has 0 radical (unpaired) electrons. The van der Waals surface area contributed by atoms with E-state index in [1.165, 1.54) is 71.4 Å². The number of hydrogen-bond acceptors (Lipinski definition) is 16. The predicted molar refractivity (Wildman–Crippen MR) is 280 cm³/mol. The van der Waals surface area contributed by atoms with Crippen molar-refractivity contribution in [2.45, 2.75) is 110 Å². The molecular formula is C58H59F3N2O12S2. The van der Waals surface area contributed by atoms with E-state index >= 15 is 0 Å². The molecule has 4 aliphatic carbocycles. The second kappa shape index (κ2) is 21.4. The first-order chi connectivity index (χ1) is 36.5. The van der Waals surface area contributed by atoms with Gasteiger partial charge in [-0.15, -0.1) is 23.5 Å². The molecule has 0 N–H and O–H groups in total. The van der Waals surface area contributed by atoms with E-state index in [-0.39, 0.29) is 87.6 Å². The lowest BCUT2D eigenvalue weighted by Crippen LogP contribution is -2.61. The molecule has 4 aromatic rings. The smallest absolute Gasteiger partial charge is 0.416 e. The van der Waals surface area contributed by atoms with Crippen LogP contribution >= 0.6 is 23.5 Å². The number of ketones is 2. The Balaban J connectivity index is 0.000000188. The van der Waals surface area contributed by atoms with Crippen LogP contribution in [-0.2, 0) is 55.2 Å². The van der Waals surface area contributed by atoms with E-state index in [2.05, 4.69) is 42.0 Å². The van der Waals surface area contributed by atoms with Crippen molar-refractivity contribution in [3.63, 3.8) is 0 Å². The summed E-state index contributed by atoms with van der Waals surface area (Å²) < 4.78 is 73.1. The average molecular weight is 1100 g/mol. The molecule has 0 unspecified atom stereocenters. The highest BCUT2D eigenvalue weighted by Crippen LogP contribution is 2.65. The molecule has 8 atom stereocenters. The molecule has 6 aliphatic rings. The van der Waals surface area contributed by atoms with E-state index in [0.717, 1.165) is 40.3 Å². The Morgan fingerprint density at radius 2 is 1.03 bits per heavy atom. The number of esters is 4. The number of hydrogen-bond donors (Lipinski definition) is 0. The minimum Gasteiger partial charge on any atom is -0.493 e. The number of allylic oxidation sites excluding steroid dienone is 2. The largest absolute Gasteiger partial charge is 0.493 e. The zero-order chi connectivity index (χ0) is 55.5. The van der Waals surface area contributed by atoms with Crippen LogP contribution in [0.3, 0.4) is 0 Å². The summed E-state index contributed by atoms with van der Waals surface area (Å²) in [5.74, 6) is -1.63. The molecule has 0 spiro atoms.